The van der Waals surface area contributed by atoms with Crippen molar-refractivity contribution in [3.63, 3.8) is 0 Å². The number of ether oxygens (including phenoxy) is 2. The largest absolute Gasteiger partial charge is 0.384 e. The molecule has 1 fully saturated rings. The zero-order chi connectivity index (χ0) is 12.1. The van der Waals surface area contributed by atoms with E-state index in [1.807, 2.05) is 0 Å². The number of hydrogen-bond donors (Lipinski definition) is 1. The third-order valence-corrected chi connectivity index (χ3v) is 3.83. The summed E-state index contributed by atoms with van der Waals surface area (Å²) in [7, 11) is 1.79. The lowest BCUT2D eigenvalue weighted by Gasteiger charge is -2.39. The minimum Gasteiger partial charge on any atom is -0.384 e. The molecule has 0 unspecified atom stereocenters. The molecule has 1 N–H and O–H groups in total. The van der Waals surface area contributed by atoms with Gasteiger partial charge in [0.15, 0.2) is 0 Å². The maximum absolute atomic E-state index is 5.45. The van der Waals surface area contributed by atoms with E-state index >= 15 is 0 Å². The topological polar surface area (TPSA) is 30.5 Å². The van der Waals surface area contributed by atoms with E-state index in [0.717, 1.165) is 45.6 Å². The first-order chi connectivity index (χ1) is 7.54. The fourth-order valence-electron chi connectivity index (χ4n) is 2.03. The summed E-state index contributed by atoms with van der Waals surface area (Å²) in [4.78, 5) is 0. The lowest BCUT2D eigenvalue weighted by Crippen LogP contribution is -2.49. The van der Waals surface area contributed by atoms with Gasteiger partial charge in [-0.2, -0.15) is 0 Å². The Morgan fingerprint density at radius 1 is 1.31 bits per heavy atom. The summed E-state index contributed by atoms with van der Waals surface area (Å²) >= 11 is 0. The van der Waals surface area contributed by atoms with E-state index < -0.39 is 0 Å². The highest BCUT2D eigenvalue weighted by atomic mass is 16.5. The van der Waals surface area contributed by atoms with Crippen molar-refractivity contribution in [3.05, 3.63) is 0 Å². The standard InChI is InChI=1S/C13H27NO2/c1-5-12(2,3)14-10-13(11-15-4)6-8-16-9-7-13/h14H,5-11H2,1-4H3. The van der Waals surface area contributed by atoms with Gasteiger partial charge in [-0.15, -0.1) is 0 Å². The minimum absolute atomic E-state index is 0.221. The van der Waals surface area contributed by atoms with Crippen LogP contribution in [0.5, 0.6) is 0 Å². The molecular formula is C13H27NO2. The van der Waals surface area contributed by atoms with E-state index in [4.69, 9.17) is 9.47 Å². The van der Waals surface area contributed by atoms with Crippen LogP contribution in [0.3, 0.4) is 0 Å². The zero-order valence-corrected chi connectivity index (χ0v) is 11.3. The van der Waals surface area contributed by atoms with Crippen LogP contribution in [0.2, 0.25) is 0 Å². The predicted octanol–water partition coefficient (Wildman–Crippen LogP) is 2.21. The monoisotopic (exact) mass is 229 g/mol. The Bertz CT molecular complexity index is 193. The molecule has 1 heterocycles. The van der Waals surface area contributed by atoms with E-state index in [0.29, 0.717) is 0 Å². The van der Waals surface area contributed by atoms with Gasteiger partial charge in [0.25, 0.3) is 0 Å². The second-order valence-electron chi connectivity index (χ2n) is 5.64. The van der Waals surface area contributed by atoms with Crippen LogP contribution in [0.4, 0.5) is 0 Å². The summed E-state index contributed by atoms with van der Waals surface area (Å²) in [6, 6.07) is 0. The van der Waals surface area contributed by atoms with Gasteiger partial charge >= 0.3 is 0 Å². The van der Waals surface area contributed by atoms with Gasteiger partial charge < -0.3 is 14.8 Å². The van der Waals surface area contributed by atoms with Gasteiger partial charge in [0.1, 0.15) is 0 Å². The summed E-state index contributed by atoms with van der Waals surface area (Å²) in [6.07, 6.45) is 3.35. The van der Waals surface area contributed by atoms with Gasteiger partial charge in [-0.3, -0.25) is 0 Å². The van der Waals surface area contributed by atoms with Gasteiger partial charge in [0, 0.05) is 37.8 Å². The van der Waals surface area contributed by atoms with Crippen LogP contribution in [0.25, 0.3) is 0 Å². The Morgan fingerprint density at radius 2 is 1.94 bits per heavy atom. The number of nitrogens with one attached hydrogen (secondary N) is 1. The first-order valence-corrected chi connectivity index (χ1v) is 6.35. The normalized spacial score (nSPS) is 21.0. The highest BCUT2D eigenvalue weighted by molar-refractivity contribution is 4.87. The first kappa shape index (κ1) is 13.9. The Morgan fingerprint density at radius 3 is 2.44 bits per heavy atom. The maximum Gasteiger partial charge on any atom is 0.0532 e. The fourth-order valence-corrected chi connectivity index (χ4v) is 2.03. The van der Waals surface area contributed by atoms with Crippen molar-refractivity contribution in [2.75, 3.05) is 33.5 Å². The molecule has 0 bridgehead atoms. The zero-order valence-electron chi connectivity index (χ0n) is 11.3. The number of hydrogen-bond acceptors (Lipinski definition) is 3. The van der Waals surface area contributed by atoms with Crippen LogP contribution in [0.15, 0.2) is 0 Å². The molecule has 0 spiro atoms. The second-order valence-corrected chi connectivity index (χ2v) is 5.64. The molecule has 0 atom stereocenters. The van der Waals surface area contributed by atoms with Crippen molar-refractivity contribution in [2.45, 2.75) is 45.6 Å². The molecule has 16 heavy (non-hydrogen) atoms. The highest BCUT2D eigenvalue weighted by Gasteiger charge is 2.33. The summed E-state index contributed by atoms with van der Waals surface area (Å²) in [5, 5.41) is 3.67. The molecular weight excluding hydrogens is 202 g/mol. The minimum atomic E-state index is 0.221. The average molecular weight is 229 g/mol. The lowest BCUT2D eigenvalue weighted by atomic mass is 9.80. The summed E-state index contributed by atoms with van der Waals surface area (Å²) in [5.41, 5.74) is 0.498. The molecule has 0 amide bonds. The predicted molar refractivity (Wildman–Crippen MR) is 66.7 cm³/mol. The van der Waals surface area contributed by atoms with Crippen molar-refractivity contribution >= 4 is 0 Å². The maximum atomic E-state index is 5.45. The third kappa shape index (κ3) is 4.04. The number of methoxy groups -OCH3 is 1. The smallest absolute Gasteiger partial charge is 0.0532 e. The first-order valence-electron chi connectivity index (χ1n) is 6.35. The van der Waals surface area contributed by atoms with E-state index in [1.54, 1.807) is 7.11 Å². The highest BCUT2D eigenvalue weighted by Crippen LogP contribution is 2.30. The van der Waals surface area contributed by atoms with Gasteiger partial charge in [0.2, 0.25) is 0 Å². The quantitative estimate of drug-likeness (QED) is 0.757. The Balaban J connectivity index is 2.50. The van der Waals surface area contributed by atoms with Crippen molar-refractivity contribution in [3.8, 4) is 0 Å². The van der Waals surface area contributed by atoms with Crippen molar-refractivity contribution < 1.29 is 9.47 Å². The van der Waals surface area contributed by atoms with Gasteiger partial charge in [0.05, 0.1) is 6.61 Å². The fraction of sp³-hybridized carbons (Fsp3) is 1.00. The summed E-state index contributed by atoms with van der Waals surface area (Å²) in [5.74, 6) is 0. The van der Waals surface area contributed by atoms with E-state index in [9.17, 15) is 0 Å². The Hall–Kier alpha value is -0.120. The SMILES string of the molecule is CCC(C)(C)NCC1(COC)CCOCC1. The third-order valence-electron chi connectivity index (χ3n) is 3.83. The summed E-state index contributed by atoms with van der Waals surface area (Å²) in [6.45, 7) is 10.4. The van der Waals surface area contributed by atoms with E-state index in [2.05, 4.69) is 26.1 Å². The van der Waals surface area contributed by atoms with Crippen LogP contribution in [0.1, 0.15) is 40.0 Å². The van der Waals surface area contributed by atoms with Crippen LogP contribution in [0, 0.1) is 5.41 Å². The lowest BCUT2D eigenvalue weighted by molar-refractivity contribution is -0.0297. The molecule has 3 nitrogen and oxygen atoms in total. The van der Waals surface area contributed by atoms with Crippen LogP contribution >= 0.6 is 0 Å². The van der Waals surface area contributed by atoms with Crippen LogP contribution in [-0.4, -0.2) is 39.0 Å². The van der Waals surface area contributed by atoms with Gasteiger partial charge in [-0.1, -0.05) is 6.92 Å². The van der Waals surface area contributed by atoms with Crippen molar-refractivity contribution in [1.29, 1.82) is 0 Å². The molecule has 96 valence electrons. The Kier molecular flexibility index (Phi) is 5.22. The van der Waals surface area contributed by atoms with Crippen LogP contribution in [-0.2, 0) is 9.47 Å². The molecule has 0 aromatic rings. The molecule has 0 aromatic heterocycles. The molecule has 1 aliphatic heterocycles. The van der Waals surface area contributed by atoms with Gasteiger partial charge in [-0.05, 0) is 33.1 Å². The molecule has 0 aliphatic carbocycles. The molecule has 1 saturated heterocycles. The van der Waals surface area contributed by atoms with Crippen LogP contribution < -0.4 is 5.32 Å². The van der Waals surface area contributed by atoms with Crippen molar-refractivity contribution in [1.82, 2.24) is 5.32 Å². The van der Waals surface area contributed by atoms with E-state index in [1.165, 1.54) is 0 Å². The summed E-state index contributed by atoms with van der Waals surface area (Å²) < 4.78 is 10.8. The number of rotatable bonds is 6. The molecule has 3 heteroatoms. The molecule has 0 aromatic carbocycles. The molecule has 1 rings (SSSR count). The Labute approximate surface area is 99.9 Å². The molecule has 0 saturated carbocycles. The second kappa shape index (κ2) is 5.99. The molecule has 1 aliphatic rings. The van der Waals surface area contributed by atoms with Crippen molar-refractivity contribution in [2.24, 2.45) is 5.41 Å². The van der Waals surface area contributed by atoms with Gasteiger partial charge in [-0.25, -0.2) is 0 Å². The average Bonchev–Trinajstić information content (AvgIpc) is 2.29. The van der Waals surface area contributed by atoms with E-state index in [-0.39, 0.29) is 11.0 Å². The molecule has 0 radical (unpaired) electrons.